The summed E-state index contributed by atoms with van der Waals surface area (Å²) in [5.74, 6) is 1.24. The molecule has 0 radical (unpaired) electrons. The van der Waals surface area contributed by atoms with Crippen molar-refractivity contribution in [2.45, 2.75) is 31.0 Å². The fraction of sp³-hybridized carbons (Fsp3) is 0.455. The van der Waals surface area contributed by atoms with Crippen LogP contribution in [0.5, 0.6) is 5.75 Å². The van der Waals surface area contributed by atoms with E-state index in [2.05, 4.69) is 17.0 Å². The van der Waals surface area contributed by atoms with E-state index in [1.807, 2.05) is 18.2 Å². The normalized spacial score (nSPS) is 29.6. The topological polar surface area (TPSA) is 63.9 Å². The maximum Gasteiger partial charge on any atom is 0.115 e. The molecule has 0 amide bonds. The Hall–Kier alpha value is -1.88. The van der Waals surface area contributed by atoms with E-state index in [0.717, 1.165) is 37.9 Å². The van der Waals surface area contributed by atoms with E-state index in [-0.39, 0.29) is 5.75 Å². The van der Waals surface area contributed by atoms with E-state index < -0.39 is 11.7 Å². The Morgan fingerprint density at radius 3 is 2.19 bits per heavy atom. The fourth-order valence-electron chi connectivity index (χ4n) is 4.87. The monoisotopic (exact) mass is 353 g/mol. The van der Waals surface area contributed by atoms with Crippen LogP contribution in [0.2, 0.25) is 0 Å². The minimum absolute atomic E-state index is 0.217. The molecule has 1 heterocycles. The van der Waals surface area contributed by atoms with Gasteiger partial charge in [-0.25, -0.2) is 0 Å². The van der Waals surface area contributed by atoms with Crippen molar-refractivity contribution in [1.29, 1.82) is 0 Å². The molecule has 3 N–H and O–H groups in total. The Kier molecular flexibility index (Phi) is 4.74. The van der Waals surface area contributed by atoms with Gasteiger partial charge in [-0.2, -0.15) is 0 Å². The Morgan fingerprint density at radius 2 is 1.58 bits per heavy atom. The van der Waals surface area contributed by atoms with Crippen molar-refractivity contribution in [3.05, 3.63) is 65.7 Å². The molecular weight excluding hydrogens is 326 g/mol. The van der Waals surface area contributed by atoms with E-state index in [1.165, 1.54) is 5.56 Å². The van der Waals surface area contributed by atoms with Gasteiger partial charge in [0.1, 0.15) is 5.75 Å². The zero-order valence-corrected chi connectivity index (χ0v) is 15.0. The highest BCUT2D eigenvalue weighted by atomic mass is 16.3. The standard InChI is InChI=1S/C22H27NO3/c24-20-8-6-17(7-9-20)21(25)15-23-13-18-11-22(26,12-19(18)14-23)10-16-4-2-1-3-5-16/h1-9,18-19,21,24-26H,10-15H2/t18-,19+,21-,22?/m0/s1. The molecule has 4 atom stereocenters. The number of hydrogen-bond acceptors (Lipinski definition) is 4. The number of hydrogen-bond donors (Lipinski definition) is 3. The minimum atomic E-state index is -0.585. The lowest BCUT2D eigenvalue weighted by molar-refractivity contribution is 0.0328. The Morgan fingerprint density at radius 1 is 0.962 bits per heavy atom. The van der Waals surface area contributed by atoms with Crippen molar-refractivity contribution < 1.29 is 15.3 Å². The highest BCUT2D eigenvalue weighted by Gasteiger charge is 2.48. The predicted octanol–water partition coefficient (Wildman–Crippen LogP) is 2.74. The molecule has 2 aromatic carbocycles. The second-order valence-corrected chi connectivity index (χ2v) is 8.14. The smallest absolute Gasteiger partial charge is 0.115 e. The lowest BCUT2D eigenvalue weighted by Gasteiger charge is -2.27. The van der Waals surface area contributed by atoms with Gasteiger partial charge in [-0.15, -0.1) is 0 Å². The summed E-state index contributed by atoms with van der Waals surface area (Å²) >= 11 is 0. The Balaban J connectivity index is 1.32. The average Bonchev–Trinajstić information content (AvgIpc) is 3.10. The number of benzene rings is 2. The van der Waals surface area contributed by atoms with Crippen LogP contribution >= 0.6 is 0 Å². The molecule has 4 rings (SSSR count). The van der Waals surface area contributed by atoms with Gasteiger partial charge in [0.2, 0.25) is 0 Å². The van der Waals surface area contributed by atoms with Crippen LogP contribution in [0.1, 0.15) is 30.1 Å². The molecule has 0 bridgehead atoms. The van der Waals surface area contributed by atoms with E-state index in [4.69, 9.17) is 0 Å². The molecule has 0 spiro atoms. The van der Waals surface area contributed by atoms with Gasteiger partial charge in [0, 0.05) is 26.1 Å². The number of phenolic OH excluding ortho intramolecular Hbond substituents is 1. The molecule has 4 heteroatoms. The van der Waals surface area contributed by atoms with Crippen LogP contribution in [-0.2, 0) is 6.42 Å². The second kappa shape index (κ2) is 7.03. The van der Waals surface area contributed by atoms with Crippen LogP contribution in [0, 0.1) is 11.8 Å². The fourth-order valence-corrected chi connectivity index (χ4v) is 4.87. The number of nitrogens with zero attached hydrogens (tertiary/aromatic N) is 1. The molecule has 0 aromatic heterocycles. The summed E-state index contributed by atoms with van der Waals surface area (Å²) < 4.78 is 0. The van der Waals surface area contributed by atoms with E-state index >= 15 is 0 Å². The number of fused-ring (bicyclic) bond motifs is 1. The molecule has 1 aliphatic heterocycles. The molecule has 2 fully saturated rings. The molecular formula is C22H27NO3. The van der Waals surface area contributed by atoms with Crippen LogP contribution in [0.3, 0.4) is 0 Å². The largest absolute Gasteiger partial charge is 0.508 e. The average molecular weight is 353 g/mol. The number of likely N-dealkylation sites (tertiary alicyclic amines) is 1. The van der Waals surface area contributed by atoms with Crippen LogP contribution in [0.4, 0.5) is 0 Å². The van der Waals surface area contributed by atoms with Crippen LogP contribution in [-0.4, -0.2) is 45.5 Å². The van der Waals surface area contributed by atoms with Gasteiger partial charge in [-0.1, -0.05) is 42.5 Å². The third-order valence-electron chi connectivity index (χ3n) is 6.02. The first kappa shape index (κ1) is 17.5. The molecule has 1 saturated heterocycles. The lowest BCUT2D eigenvalue weighted by Crippen LogP contribution is -2.33. The van der Waals surface area contributed by atoms with E-state index in [1.54, 1.807) is 24.3 Å². The van der Waals surface area contributed by atoms with Crippen LogP contribution in [0.15, 0.2) is 54.6 Å². The molecule has 2 aromatic rings. The summed E-state index contributed by atoms with van der Waals surface area (Å²) in [5, 5.41) is 30.9. The summed E-state index contributed by atoms with van der Waals surface area (Å²) in [6.07, 6.45) is 1.88. The Bertz CT molecular complexity index is 717. The minimum Gasteiger partial charge on any atom is -0.508 e. The van der Waals surface area contributed by atoms with Crippen molar-refractivity contribution in [1.82, 2.24) is 4.90 Å². The number of rotatable bonds is 5. The van der Waals surface area contributed by atoms with Gasteiger partial charge in [0.15, 0.2) is 0 Å². The molecule has 1 aliphatic carbocycles. The van der Waals surface area contributed by atoms with Crippen molar-refractivity contribution in [3.63, 3.8) is 0 Å². The summed E-state index contributed by atoms with van der Waals surface area (Å²) in [5.41, 5.74) is 1.45. The number of aliphatic hydroxyl groups is 2. The molecule has 1 saturated carbocycles. The van der Waals surface area contributed by atoms with Crippen LogP contribution < -0.4 is 0 Å². The second-order valence-electron chi connectivity index (χ2n) is 8.14. The summed E-state index contributed by atoms with van der Waals surface area (Å²) in [6, 6.07) is 17.0. The lowest BCUT2D eigenvalue weighted by atomic mass is 9.91. The van der Waals surface area contributed by atoms with Gasteiger partial charge in [-0.3, -0.25) is 4.90 Å². The van der Waals surface area contributed by atoms with Gasteiger partial charge < -0.3 is 15.3 Å². The van der Waals surface area contributed by atoms with Crippen molar-refractivity contribution >= 4 is 0 Å². The summed E-state index contributed by atoms with van der Waals surface area (Å²) in [7, 11) is 0. The summed E-state index contributed by atoms with van der Waals surface area (Å²) in [4.78, 5) is 2.31. The highest BCUT2D eigenvalue weighted by molar-refractivity contribution is 5.27. The maximum absolute atomic E-state index is 11.0. The quantitative estimate of drug-likeness (QED) is 0.773. The van der Waals surface area contributed by atoms with Gasteiger partial charge >= 0.3 is 0 Å². The predicted molar refractivity (Wildman–Crippen MR) is 101 cm³/mol. The van der Waals surface area contributed by atoms with E-state index in [0.29, 0.717) is 18.4 Å². The maximum atomic E-state index is 11.0. The first-order valence-corrected chi connectivity index (χ1v) is 9.46. The van der Waals surface area contributed by atoms with Crippen molar-refractivity contribution in [2.24, 2.45) is 11.8 Å². The first-order chi connectivity index (χ1) is 12.5. The molecule has 26 heavy (non-hydrogen) atoms. The van der Waals surface area contributed by atoms with E-state index in [9.17, 15) is 15.3 Å². The highest BCUT2D eigenvalue weighted by Crippen LogP contribution is 2.45. The molecule has 4 nitrogen and oxygen atoms in total. The van der Waals surface area contributed by atoms with Gasteiger partial charge in [0.05, 0.1) is 11.7 Å². The first-order valence-electron chi connectivity index (χ1n) is 9.46. The molecule has 138 valence electrons. The zero-order chi connectivity index (χ0) is 18.1. The zero-order valence-electron chi connectivity index (χ0n) is 15.0. The molecule has 1 unspecified atom stereocenters. The number of phenols is 1. The SMILES string of the molecule is Oc1ccc([C@@H](O)CN2C[C@@H]3CC(O)(Cc4ccccc4)C[C@@H]3C2)cc1. The third kappa shape index (κ3) is 3.78. The van der Waals surface area contributed by atoms with Crippen molar-refractivity contribution in [3.8, 4) is 5.75 Å². The third-order valence-corrected chi connectivity index (χ3v) is 6.02. The number of aromatic hydroxyl groups is 1. The van der Waals surface area contributed by atoms with Crippen molar-refractivity contribution in [2.75, 3.05) is 19.6 Å². The number of β-amino-alcohol motifs (C(OH)–C–C–N with tert-alkyl or cyclic N) is 1. The molecule has 2 aliphatic rings. The van der Waals surface area contributed by atoms with Crippen LogP contribution in [0.25, 0.3) is 0 Å². The number of aliphatic hydroxyl groups excluding tert-OH is 1. The van der Waals surface area contributed by atoms with Gasteiger partial charge in [0.25, 0.3) is 0 Å². The Labute approximate surface area is 154 Å². The van der Waals surface area contributed by atoms with Gasteiger partial charge in [-0.05, 0) is 47.9 Å². The summed E-state index contributed by atoms with van der Waals surface area (Å²) in [6.45, 7) is 2.49.